The van der Waals surface area contributed by atoms with Gasteiger partial charge < -0.3 is 0 Å². The van der Waals surface area contributed by atoms with Gasteiger partial charge >= 0.3 is 0 Å². The van der Waals surface area contributed by atoms with Gasteiger partial charge in [-0.15, -0.1) is 6.58 Å². The molecular formula is C24H46. The molecule has 1 fully saturated rings. The Morgan fingerprint density at radius 1 is 0.875 bits per heavy atom. The minimum atomic E-state index is 0.808. The van der Waals surface area contributed by atoms with Gasteiger partial charge in [0.1, 0.15) is 0 Å². The van der Waals surface area contributed by atoms with E-state index in [1.165, 1.54) is 64.2 Å². The van der Waals surface area contributed by atoms with E-state index >= 15 is 0 Å². The molecule has 1 aliphatic carbocycles. The lowest BCUT2D eigenvalue weighted by Crippen LogP contribution is -2.07. The summed E-state index contributed by atoms with van der Waals surface area (Å²) < 4.78 is 0. The van der Waals surface area contributed by atoms with Crippen LogP contribution in [0.2, 0.25) is 0 Å². The summed E-state index contributed by atoms with van der Waals surface area (Å²) in [4.78, 5) is 0. The minimum Gasteiger partial charge on any atom is -0.103 e. The van der Waals surface area contributed by atoms with E-state index in [1.807, 2.05) is 6.08 Å². The smallest absolute Gasteiger partial charge is 0.0229 e. The largest absolute Gasteiger partial charge is 0.103 e. The molecule has 1 rings (SSSR count). The predicted octanol–water partition coefficient (Wildman–Crippen LogP) is 8.58. The van der Waals surface area contributed by atoms with E-state index in [0.717, 1.165) is 23.7 Å². The molecule has 4 unspecified atom stereocenters. The second-order valence-electron chi connectivity index (χ2n) is 8.45. The van der Waals surface area contributed by atoms with Crippen molar-refractivity contribution in [2.24, 2.45) is 23.7 Å². The summed E-state index contributed by atoms with van der Waals surface area (Å²) in [6.07, 6.45) is 17.9. The lowest BCUT2D eigenvalue weighted by Gasteiger charge is -2.19. The molecule has 0 saturated heterocycles. The maximum absolute atomic E-state index is 3.66. The Balaban J connectivity index is 0.000000561. The number of hydrogen-bond donors (Lipinski definition) is 0. The quantitative estimate of drug-likeness (QED) is 0.337. The zero-order valence-corrected chi connectivity index (χ0v) is 17.7. The highest BCUT2D eigenvalue weighted by Crippen LogP contribution is 2.34. The zero-order valence-electron chi connectivity index (χ0n) is 17.7. The molecular weight excluding hydrogens is 288 g/mol. The van der Waals surface area contributed by atoms with E-state index < -0.39 is 0 Å². The predicted molar refractivity (Wildman–Crippen MR) is 112 cm³/mol. The summed E-state index contributed by atoms with van der Waals surface area (Å²) in [5.74, 6) is 3.50. The molecule has 1 aliphatic rings. The molecule has 0 heteroatoms. The first-order valence-electron chi connectivity index (χ1n) is 10.7. The van der Waals surface area contributed by atoms with E-state index in [0.29, 0.717) is 0 Å². The van der Waals surface area contributed by atoms with Crippen molar-refractivity contribution in [1.29, 1.82) is 0 Å². The molecule has 0 aromatic rings. The van der Waals surface area contributed by atoms with E-state index in [-0.39, 0.29) is 0 Å². The SMILES string of the molecule is C=CCCCCCC.CCC=C1CC(C)CC(C)CC(C)CC1C. The second-order valence-corrected chi connectivity index (χ2v) is 8.45. The van der Waals surface area contributed by atoms with Crippen molar-refractivity contribution in [3.63, 3.8) is 0 Å². The standard InChI is InChI=1S/C16H30.C8H16/c1-6-7-16-11-14(4)9-12(2)8-13(3)10-15(16)5;1-3-5-7-8-6-4-2/h7,12-15H,6,8-11H2,1-5H3;3H,1,4-8H2,2H3. The molecule has 0 amide bonds. The molecule has 0 radical (unpaired) electrons. The number of unbranched alkanes of at least 4 members (excludes halogenated alkanes) is 4. The number of rotatable bonds is 6. The van der Waals surface area contributed by atoms with Gasteiger partial charge in [-0.25, -0.2) is 0 Å². The van der Waals surface area contributed by atoms with Crippen molar-refractivity contribution >= 4 is 0 Å². The molecule has 142 valence electrons. The van der Waals surface area contributed by atoms with Crippen LogP contribution in [-0.4, -0.2) is 0 Å². The first kappa shape index (κ1) is 23.5. The van der Waals surface area contributed by atoms with E-state index in [2.05, 4.69) is 54.2 Å². The molecule has 4 atom stereocenters. The van der Waals surface area contributed by atoms with Gasteiger partial charge in [-0.2, -0.15) is 0 Å². The van der Waals surface area contributed by atoms with Crippen LogP contribution in [0.5, 0.6) is 0 Å². The second kappa shape index (κ2) is 14.8. The normalized spacial score (nSPS) is 29.8. The topological polar surface area (TPSA) is 0 Å². The summed E-state index contributed by atoms with van der Waals surface area (Å²) in [7, 11) is 0. The minimum absolute atomic E-state index is 0.808. The molecule has 1 saturated carbocycles. The molecule has 0 nitrogen and oxygen atoms in total. The Morgan fingerprint density at radius 2 is 1.50 bits per heavy atom. The van der Waals surface area contributed by atoms with Gasteiger partial charge in [-0.3, -0.25) is 0 Å². The van der Waals surface area contributed by atoms with Crippen LogP contribution in [0.25, 0.3) is 0 Å². The lowest BCUT2D eigenvalue weighted by atomic mass is 9.86. The van der Waals surface area contributed by atoms with Crippen LogP contribution in [0.15, 0.2) is 24.3 Å². The molecule has 0 aromatic heterocycles. The van der Waals surface area contributed by atoms with Gasteiger partial charge in [0.05, 0.1) is 0 Å². The third-order valence-electron chi connectivity index (χ3n) is 5.31. The summed E-state index contributed by atoms with van der Waals surface area (Å²) in [6.45, 7) is 17.9. The van der Waals surface area contributed by atoms with Crippen molar-refractivity contribution in [1.82, 2.24) is 0 Å². The fraction of sp³-hybridized carbons (Fsp3) is 0.833. The molecule has 0 heterocycles. The molecule has 0 N–H and O–H groups in total. The first-order chi connectivity index (χ1) is 11.4. The van der Waals surface area contributed by atoms with Crippen molar-refractivity contribution in [2.75, 3.05) is 0 Å². The van der Waals surface area contributed by atoms with Gasteiger partial charge in [0.2, 0.25) is 0 Å². The highest BCUT2D eigenvalue weighted by atomic mass is 14.3. The van der Waals surface area contributed by atoms with Crippen molar-refractivity contribution in [2.45, 2.75) is 106 Å². The highest BCUT2D eigenvalue weighted by molar-refractivity contribution is 5.07. The van der Waals surface area contributed by atoms with Gasteiger partial charge in [0.25, 0.3) is 0 Å². The van der Waals surface area contributed by atoms with Crippen LogP contribution in [0.4, 0.5) is 0 Å². The fourth-order valence-corrected chi connectivity index (χ4v) is 4.27. The number of hydrogen-bond acceptors (Lipinski definition) is 0. The fourth-order valence-electron chi connectivity index (χ4n) is 4.27. The van der Waals surface area contributed by atoms with Gasteiger partial charge in [-0.05, 0) is 68.6 Å². The van der Waals surface area contributed by atoms with Crippen molar-refractivity contribution in [3.05, 3.63) is 24.3 Å². The molecule has 0 aromatic carbocycles. The van der Waals surface area contributed by atoms with Crippen LogP contribution >= 0.6 is 0 Å². The monoisotopic (exact) mass is 334 g/mol. The van der Waals surface area contributed by atoms with E-state index in [1.54, 1.807) is 5.57 Å². The van der Waals surface area contributed by atoms with E-state index in [9.17, 15) is 0 Å². The van der Waals surface area contributed by atoms with Crippen LogP contribution in [0.1, 0.15) is 106 Å². The zero-order chi connectivity index (χ0) is 18.4. The summed E-state index contributed by atoms with van der Waals surface area (Å²) in [6, 6.07) is 0. The number of allylic oxidation sites excluding steroid dienone is 3. The molecule has 0 aliphatic heterocycles. The summed E-state index contributed by atoms with van der Waals surface area (Å²) >= 11 is 0. The lowest BCUT2D eigenvalue weighted by molar-refractivity contribution is 0.340. The molecule has 24 heavy (non-hydrogen) atoms. The third kappa shape index (κ3) is 11.9. The summed E-state index contributed by atoms with van der Waals surface area (Å²) in [5.41, 5.74) is 1.73. The van der Waals surface area contributed by atoms with Gasteiger partial charge in [-0.1, -0.05) is 78.5 Å². The Bertz CT molecular complexity index is 325. The Morgan fingerprint density at radius 3 is 2.08 bits per heavy atom. The summed E-state index contributed by atoms with van der Waals surface area (Å²) in [5, 5.41) is 0. The van der Waals surface area contributed by atoms with E-state index in [4.69, 9.17) is 0 Å². The Kier molecular flexibility index (Phi) is 14.5. The van der Waals surface area contributed by atoms with Crippen LogP contribution < -0.4 is 0 Å². The first-order valence-corrected chi connectivity index (χ1v) is 10.7. The maximum Gasteiger partial charge on any atom is -0.0229 e. The van der Waals surface area contributed by atoms with Crippen LogP contribution in [0.3, 0.4) is 0 Å². The van der Waals surface area contributed by atoms with Crippen molar-refractivity contribution < 1.29 is 0 Å². The van der Waals surface area contributed by atoms with Gasteiger partial charge in [0, 0.05) is 0 Å². The third-order valence-corrected chi connectivity index (χ3v) is 5.31. The Hall–Kier alpha value is -0.520. The van der Waals surface area contributed by atoms with Crippen LogP contribution in [-0.2, 0) is 0 Å². The Labute approximate surface area is 154 Å². The van der Waals surface area contributed by atoms with Crippen molar-refractivity contribution in [3.8, 4) is 0 Å². The average Bonchev–Trinajstić information content (AvgIpc) is 2.54. The van der Waals surface area contributed by atoms with Gasteiger partial charge in [0.15, 0.2) is 0 Å². The maximum atomic E-state index is 3.66. The van der Waals surface area contributed by atoms with Crippen LogP contribution in [0, 0.1) is 23.7 Å². The molecule has 0 spiro atoms. The molecule has 0 bridgehead atoms. The highest BCUT2D eigenvalue weighted by Gasteiger charge is 2.21. The average molecular weight is 335 g/mol.